The number of rotatable bonds is 8. The van der Waals surface area contributed by atoms with E-state index in [0.29, 0.717) is 5.56 Å². The van der Waals surface area contributed by atoms with Gasteiger partial charge >= 0.3 is 17.9 Å². The monoisotopic (exact) mass is 489 g/mol. The van der Waals surface area contributed by atoms with Crippen LogP contribution in [-0.4, -0.2) is 55.1 Å². The molecule has 1 amide bonds. The van der Waals surface area contributed by atoms with Crippen LogP contribution in [0.5, 0.6) is 0 Å². The third kappa shape index (κ3) is 6.52. The molecule has 1 N–H and O–H groups in total. The van der Waals surface area contributed by atoms with Gasteiger partial charge in [0, 0.05) is 5.56 Å². The molecule has 1 heterocycles. The van der Waals surface area contributed by atoms with Crippen LogP contribution in [-0.2, 0) is 35.2 Å². The zero-order valence-corrected chi connectivity index (χ0v) is 19.6. The van der Waals surface area contributed by atoms with E-state index in [1.165, 1.54) is 37.7 Å². The molecule has 0 aliphatic carbocycles. The second-order valence-electron chi connectivity index (χ2n) is 6.94. The van der Waals surface area contributed by atoms with Gasteiger partial charge in [-0.3, -0.25) is 19.2 Å². The number of amides is 1. The fraction of sp³-hybridized carbons (Fsp3) is 0.304. The van der Waals surface area contributed by atoms with E-state index in [9.17, 15) is 19.2 Å². The van der Waals surface area contributed by atoms with Crippen LogP contribution in [0, 0.1) is 0 Å². The average molecular weight is 490 g/mol. The number of methoxy groups -OCH3 is 2. The Labute approximate surface area is 199 Å². The molecule has 8 nitrogen and oxygen atoms in total. The van der Waals surface area contributed by atoms with Gasteiger partial charge in [-0.15, -0.1) is 23.5 Å². The summed E-state index contributed by atoms with van der Waals surface area (Å²) >= 11 is 2.61. The standard InChI is InChI=1S/C23H23NO7S2/c1-29-21(27)18-19(22(28)30-2)33-23(32-18)16-10-8-15(9-11-16)20(26)24-12-17(25)31-13-14-6-4-3-5-7-14/h3-11,18-19,23H,12-13H2,1-2H3,(H,24,26). The summed E-state index contributed by atoms with van der Waals surface area (Å²) in [5.74, 6) is -1.92. The fourth-order valence-electron chi connectivity index (χ4n) is 3.02. The van der Waals surface area contributed by atoms with Gasteiger partial charge in [0.05, 0.1) is 18.8 Å². The van der Waals surface area contributed by atoms with Crippen LogP contribution in [0.1, 0.15) is 26.1 Å². The number of ether oxygens (including phenoxy) is 3. The maximum atomic E-state index is 12.4. The Morgan fingerprint density at radius 3 is 1.97 bits per heavy atom. The molecule has 10 heteroatoms. The summed E-state index contributed by atoms with van der Waals surface area (Å²) < 4.78 is 14.6. The quantitative estimate of drug-likeness (QED) is 0.442. The molecule has 0 radical (unpaired) electrons. The average Bonchev–Trinajstić information content (AvgIpc) is 3.31. The molecular weight excluding hydrogens is 466 g/mol. The van der Waals surface area contributed by atoms with Crippen LogP contribution in [0.15, 0.2) is 54.6 Å². The Morgan fingerprint density at radius 2 is 1.42 bits per heavy atom. The van der Waals surface area contributed by atoms with Crippen molar-refractivity contribution < 1.29 is 33.4 Å². The SMILES string of the molecule is COC(=O)C1SC(c2ccc(C(=O)NCC(=O)OCc3ccccc3)cc2)SC1C(=O)OC. The Morgan fingerprint density at radius 1 is 0.848 bits per heavy atom. The van der Waals surface area contributed by atoms with Crippen LogP contribution in [0.4, 0.5) is 0 Å². The molecule has 0 aromatic heterocycles. The van der Waals surface area contributed by atoms with Crippen LogP contribution in [0.3, 0.4) is 0 Å². The van der Waals surface area contributed by atoms with Crippen LogP contribution in [0.25, 0.3) is 0 Å². The molecule has 1 aliphatic heterocycles. The summed E-state index contributed by atoms with van der Waals surface area (Å²) in [5, 5.41) is 1.18. The molecule has 2 atom stereocenters. The summed E-state index contributed by atoms with van der Waals surface area (Å²) in [6.07, 6.45) is 0. The summed E-state index contributed by atoms with van der Waals surface area (Å²) in [5.41, 5.74) is 2.07. The minimum Gasteiger partial charge on any atom is -0.468 e. The van der Waals surface area contributed by atoms with E-state index < -0.39 is 34.3 Å². The van der Waals surface area contributed by atoms with E-state index in [2.05, 4.69) is 5.32 Å². The van der Waals surface area contributed by atoms with E-state index in [4.69, 9.17) is 14.2 Å². The van der Waals surface area contributed by atoms with Crippen molar-refractivity contribution in [3.63, 3.8) is 0 Å². The fourth-order valence-corrected chi connectivity index (χ4v) is 6.47. The summed E-state index contributed by atoms with van der Waals surface area (Å²) in [6, 6.07) is 16.0. The van der Waals surface area contributed by atoms with E-state index in [1.807, 2.05) is 30.3 Å². The second-order valence-corrected chi connectivity index (χ2v) is 9.74. The van der Waals surface area contributed by atoms with Crippen molar-refractivity contribution in [1.82, 2.24) is 5.32 Å². The van der Waals surface area contributed by atoms with Gasteiger partial charge in [-0.1, -0.05) is 42.5 Å². The van der Waals surface area contributed by atoms with E-state index in [-0.39, 0.29) is 17.7 Å². The highest BCUT2D eigenvalue weighted by Crippen LogP contribution is 2.54. The van der Waals surface area contributed by atoms with Gasteiger partial charge in [-0.2, -0.15) is 0 Å². The van der Waals surface area contributed by atoms with Gasteiger partial charge in [-0.05, 0) is 23.3 Å². The number of nitrogens with one attached hydrogen (secondary N) is 1. The highest BCUT2D eigenvalue weighted by atomic mass is 32.2. The van der Waals surface area contributed by atoms with Crippen molar-refractivity contribution in [3.8, 4) is 0 Å². The maximum Gasteiger partial charge on any atom is 0.325 e. The molecule has 174 valence electrons. The minimum absolute atomic E-state index is 0.139. The largest absolute Gasteiger partial charge is 0.468 e. The van der Waals surface area contributed by atoms with Gasteiger partial charge in [0.2, 0.25) is 0 Å². The van der Waals surface area contributed by atoms with Crippen LogP contribution < -0.4 is 5.32 Å². The van der Waals surface area contributed by atoms with Gasteiger partial charge in [0.15, 0.2) is 0 Å². The predicted molar refractivity (Wildman–Crippen MR) is 125 cm³/mol. The summed E-state index contributed by atoms with van der Waals surface area (Å²) in [7, 11) is 2.56. The number of benzene rings is 2. The molecule has 33 heavy (non-hydrogen) atoms. The lowest BCUT2D eigenvalue weighted by molar-refractivity contribution is -0.145. The van der Waals surface area contributed by atoms with Crippen molar-refractivity contribution in [2.75, 3.05) is 20.8 Å². The molecule has 0 spiro atoms. The van der Waals surface area contributed by atoms with Crippen LogP contribution in [0.2, 0.25) is 0 Å². The number of carbonyl (C=O) groups excluding carboxylic acids is 4. The van der Waals surface area contributed by atoms with E-state index in [1.54, 1.807) is 24.3 Å². The topological polar surface area (TPSA) is 108 Å². The number of esters is 3. The highest BCUT2D eigenvalue weighted by molar-refractivity contribution is 8.21. The Bertz CT molecular complexity index is 974. The number of hydrogen-bond donors (Lipinski definition) is 1. The number of hydrogen-bond acceptors (Lipinski definition) is 9. The first kappa shape index (κ1) is 24.7. The van der Waals surface area contributed by atoms with Gasteiger partial charge < -0.3 is 19.5 Å². The molecule has 1 saturated heterocycles. The normalized spacial score (nSPS) is 19.4. The molecular formula is C23H23NO7S2. The number of carbonyl (C=O) groups is 4. The van der Waals surface area contributed by atoms with Crippen molar-refractivity contribution in [2.24, 2.45) is 0 Å². The maximum absolute atomic E-state index is 12.4. The predicted octanol–water partition coefficient (Wildman–Crippen LogP) is 2.72. The van der Waals surface area contributed by atoms with Crippen molar-refractivity contribution >= 4 is 47.3 Å². The Kier molecular flexibility index (Phi) is 8.79. The Hall–Kier alpha value is -2.98. The summed E-state index contributed by atoms with van der Waals surface area (Å²) in [4.78, 5) is 48.4. The van der Waals surface area contributed by atoms with E-state index in [0.717, 1.165) is 11.1 Å². The molecule has 3 rings (SSSR count). The zero-order chi connectivity index (χ0) is 23.8. The summed E-state index contributed by atoms with van der Waals surface area (Å²) in [6.45, 7) is -0.108. The molecule has 2 unspecified atom stereocenters. The molecule has 2 aromatic carbocycles. The lowest BCUT2D eigenvalue weighted by atomic mass is 10.1. The third-order valence-electron chi connectivity index (χ3n) is 4.76. The Balaban J connectivity index is 1.53. The molecule has 2 aromatic rings. The first-order valence-electron chi connectivity index (χ1n) is 9.97. The number of thioether (sulfide) groups is 2. The third-order valence-corrected chi connectivity index (χ3v) is 8.16. The van der Waals surface area contributed by atoms with Gasteiger partial charge in [0.25, 0.3) is 5.91 Å². The lowest BCUT2D eigenvalue weighted by Crippen LogP contribution is -2.33. The van der Waals surface area contributed by atoms with Gasteiger partial charge in [-0.25, -0.2) is 0 Å². The first-order chi connectivity index (χ1) is 15.9. The van der Waals surface area contributed by atoms with Crippen molar-refractivity contribution in [2.45, 2.75) is 21.7 Å². The van der Waals surface area contributed by atoms with E-state index >= 15 is 0 Å². The van der Waals surface area contributed by atoms with Crippen molar-refractivity contribution in [1.29, 1.82) is 0 Å². The molecule has 0 bridgehead atoms. The molecule has 1 aliphatic rings. The second kappa shape index (κ2) is 11.8. The molecule has 0 saturated carbocycles. The minimum atomic E-state index is -0.678. The van der Waals surface area contributed by atoms with Crippen molar-refractivity contribution in [3.05, 3.63) is 71.3 Å². The first-order valence-corrected chi connectivity index (χ1v) is 11.9. The highest BCUT2D eigenvalue weighted by Gasteiger charge is 2.46. The molecule has 1 fully saturated rings. The lowest BCUT2D eigenvalue weighted by Gasteiger charge is -2.12. The zero-order valence-electron chi connectivity index (χ0n) is 18.0. The smallest absolute Gasteiger partial charge is 0.325 e. The van der Waals surface area contributed by atoms with Gasteiger partial charge in [0.1, 0.15) is 23.7 Å². The van der Waals surface area contributed by atoms with Crippen LogP contribution >= 0.6 is 23.5 Å².